The van der Waals surface area contributed by atoms with Crippen molar-refractivity contribution in [2.24, 2.45) is 0 Å². The van der Waals surface area contributed by atoms with Gasteiger partial charge in [-0.25, -0.2) is 0 Å². The Bertz CT molecular complexity index is 1160. The van der Waals surface area contributed by atoms with Crippen LogP contribution >= 0.6 is 22.9 Å². The summed E-state index contributed by atoms with van der Waals surface area (Å²) in [7, 11) is 1.62. The average Bonchev–Trinajstić information content (AvgIpc) is 3.35. The number of hydrogen-bond donors (Lipinski definition) is 0. The Balaban J connectivity index is 1.78. The number of carbonyl (C=O) groups is 1. The van der Waals surface area contributed by atoms with E-state index < -0.39 is 0 Å². The molecule has 2 aromatic carbocycles. The lowest BCUT2D eigenvalue weighted by Gasteiger charge is -2.22. The monoisotopic (exact) mass is 425 g/mol. The number of anilines is 1. The lowest BCUT2D eigenvalue weighted by atomic mass is 10.1. The van der Waals surface area contributed by atoms with Crippen molar-refractivity contribution in [3.63, 3.8) is 0 Å². The molecule has 0 saturated carbocycles. The van der Waals surface area contributed by atoms with Gasteiger partial charge in [0.05, 0.1) is 13.7 Å². The normalized spacial score (nSPS) is 11.0. The molecular weight excluding hydrogens is 406 g/mol. The molecule has 6 heteroatoms. The SMILES string of the molecule is COc1ccc(N(Cc2cccs2)C(=O)c2oc3cc(C)c(Cl)cc3c2C)cc1. The van der Waals surface area contributed by atoms with Crippen molar-refractivity contribution in [1.82, 2.24) is 0 Å². The van der Waals surface area contributed by atoms with Crippen molar-refractivity contribution in [3.8, 4) is 5.75 Å². The van der Waals surface area contributed by atoms with Gasteiger partial charge in [-0.3, -0.25) is 4.79 Å². The van der Waals surface area contributed by atoms with Crippen LogP contribution in [0.15, 0.2) is 58.3 Å². The second-order valence-electron chi connectivity index (χ2n) is 6.82. The molecule has 4 nitrogen and oxygen atoms in total. The molecule has 0 radical (unpaired) electrons. The molecule has 29 heavy (non-hydrogen) atoms. The summed E-state index contributed by atoms with van der Waals surface area (Å²) in [4.78, 5) is 16.4. The van der Waals surface area contributed by atoms with E-state index in [2.05, 4.69) is 0 Å². The van der Waals surface area contributed by atoms with E-state index in [1.807, 2.05) is 67.8 Å². The topological polar surface area (TPSA) is 42.7 Å². The Morgan fingerprint density at radius 3 is 2.59 bits per heavy atom. The van der Waals surface area contributed by atoms with Gasteiger partial charge < -0.3 is 14.1 Å². The molecule has 0 aliphatic heterocycles. The fraction of sp³-hybridized carbons (Fsp3) is 0.174. The standard InChI is InChI=1S/C23H20ClNO3S/c1-14-11-21-19(12-20(14)24)15(2)22(28-21)23(26)25(13-18-5-4-10-29-18)16-6-8-17(27-3)9-7-16/h4-12H,13H2,1-3H3. The number of rotatable bonds is 5. The van der Waals surface area contributed by atoms with Crippen molar-refractivity contribution in [1.29, 1.82) is 0 Å². The first-order valence-corrected chi connectivity index (χ1v) is 10.4. The molecule has 1 amide bonds. The predicted molar refractivity (Wildman–Crippen MR) is 119 cm³/mol. The maximum atomic E-state index is 13.6. The summed E-state index contributed by atoms with van der Waals surface area (Å²) in [5.74, 6) is 0.877. The van der Waals surface area contributed by atoms with E-state index in [1.165, 1.54) is 0 Å². The third-order valence-electron chi connectivity index (χ3n) is 4.93. The molecule has 0 unspecified atom stereocenters. The van der Waals surface area contributed by atoms with E-state index in [0.29, 0.717) is 22.9 Å². The van der Waals surface area contributed by atoms with Crippen molar-refractivity contribution >= 4 is 45.5 Å². The molecule has 0 fully saturated rings. The van der Waals surface area contributed by atoms with Crippen LogP contribution in [0.5, 0.6) is 5.75 Å². The van der Waals surface area contributed by atoms with Crippen molar-refractivity contribution in [2.45, 2.75) is 20.4 Å². The molecule has 0 bridgehead atoms. The minimum atomic E-state index is -0.189. The third kappa shape index (κ3) is 3.76. The summed E-state index contributed by atoms with van der Waals surface area (Å²) >= 11 is 7.90. The van der Waals surface area contributed by atoms with Gasteiger partial charge in [0.25, 0.3) is 5.91 Å². The van der Waals surface area contributed by atoms with Gasteiger partial charge in [0.1, 0.15) is 11.3 Å². The number of methoxy groups -OCH3 is 1. The van der Waals surface area contributed by atoms with E-state index in [9.17, 15) is 4.79 Å². The number of nitrogens with zero attached hydrogens (tertiary/aromatic N) is 1. The van der Waals surface area contributed by atoms with Gasteiger partial charge in [0.15, 0.2) is 5.76 Å². The maximum absolute atomic E-state index is 13.6. The van der Waals surface area contributed by atoms with E-state index in [1.54, 1.807) is 23.3 Å². The number of halogens is 1. The number of carbonyl (C=O) groups excluding carboxylic acids is 1. The number of benzene rings is 2. The van der Waals surface area contributed by atoms with Gasteiger partial charge in [0.2, 0.25) is 0 Å². The van der Waals surface area contributed by atoms with Gasteiger partial charge in [0, 0.05) is 26.5 Å². The number of thiophene rings is 1. The molecular formula is C23H20ClNO3S. The number of amides is 1. The number of aryl methyl sites for hydroxylation is 2. The zero-order chi connectivity index (χ0) is 20.5. The molecule has 2 aromatic heterocycles. The number of ether oxygens (including phenoxy) is 1. The Morgan fingerprint density at radius 1 is 1.17 bits per heavy atom. The smallest absolute Gasteiger partial charge is 0.294 e. The number of hydrogen-bond acceptors (Lipinski definition) is 4. The zero-order valence-electron chi connectivity index (χ0n) is 16.4. The van der Waals surface area contributed by atoms with Crippen LogP contribution in [0, 0.1) is 13.8 Å². The lowest BCUT2D eigenvalue weighted by molar-refractivity contribution is 0.0960. The highest BCUT2D eigenvalue weighted by atomic mass is 35.5. The molecule has 148 valence electrons. The predicted octanol–water partition coefficient (Wildman–Crippen LogP) is 6.62. The van der Waals surface area contributed by atoms with Crippen LogP contribution < -0.4 is 9.64 Å². The summed E-state index contributed by atoms with van der Waals surface area (Å²) < 4.78 is 11.2. The van der Waals surface area contributed by atoms with Gasteiger partial charge >= 0.3 is 0 Å². The molecule has 0 saturated heterocycles. The number of furan rings is 1. The summed E-state index contributed by atoms with van der Waals surface area (Å²) in [6.45, 7) is 4.27. The average molecular weight is 426 g/mol. The van der Waals surface area contributed by atoms with Crippen LogP contribution in [0.1, 0.15) is 26.6 Å². The van der Waals surface area contributed by atoms with Crippen LogP contribution in [0.25, 0.3) is 11.0 Å². The highest BCUT2D eigenvalue weighted by Crippen LogP contribution is 2.32. The van der Waals surface area contributed by atoms with Gasteiger partial charge in [-0.2, -0.15) is 0 Å². The van der Waals surface area contributed by atoms with Crippen molar-refractivity contribution in [2.75, 3.05) is 12.0 Å². The summed E-state index contributed by atoms with van der Waals surface area (Å²) in [6, 6.07) is 15.2. The highest BCUT2D eigenvalue weighted by molar-refractivity contribution is 7.09. The quantitative estimate of drug-likeness (QED) is 0.361. The Labute approximate surface area is 178 Å². The lowest BCUT2D eigenvalue weighted by Crippen LogP contribution is -2.30. The van der Waals surface area contributed by atoms with E-state index in [-0.39, 0.29) is 5.91 Å². The largest absolute Gasteiger partial charge is 0.497 e. The second kappa shape index (κ2) is 7.93. The molecule has 4 rings (SSSR count). The highest BCUT2D eigenvalue weighted by Gasteiger charge is 2.25. The van der Waals surface area contributed by atoms with Gasteiger partial charge in [-0.1, -0.05) is 17.7 Å². The summed E-state index contributed by atoms with van der Waals surface area (Å²) in [5.41, 5.74) is 3.14. The van der Waals surface area contributed by atoms with Crippen molar-refractivity contribution in [3.05, 3.63) is 80.7 Å². The Morgan fingerprint density at radius 2 is 1.93 bits per heavy atom. The maximum Gasteiger partial charge on any atom is 0.294 e. The van der Waals surface area contributed by atoms with Crippen molar-refractivity contribution < 1.29 is 13.9 Å². The van der Waals surface area contributed by atoms with Gasteiger partial charge in [-0.05, 0) is 67.3 Å². The molecule has 0 atom stereocenters. The van der Waals surface area contributed by atoms with Crippen LogP contribution in [0.4, 0.5) is 5.69 Å². The molecule has 0 spiro atoms. The molecule has 2 heterocycles. The van der Waals surface area contributed by atoms with Gasteiger partial charge in [-0.15, -0.1) is 11.3 Å². The fourth-order valence-electron chi connectivity index (χ4n) is 3.27. The summed E-state index contributed by atoms with van der Waals surface area (Å²) in [6.07, 6.45) is 0. The first-order chi connectivity index (χ1) is 14.0. The van der Waals surface area contributed by atoms with E-state index in [0.717, 1.165) is 32.8 Å². The number of fused-ring (bicyclic) bond motifs is 1. The molecule has 4 aromatic rings. The van der Waals surface area contributed by atoms with Crippen LogP contribution in [-0.4, -0.2) is 13.0 Å². The first-order valence-electron chi connectivity index (χ1n) is 9.15. The molecule has 0 N–H and O–H groups in total. The van der Waals surface area contributed by atoms with Crippen LogP contribution in [0.3, 0.4) is 0 Å². The third-order valence-corrected chi connectivity index (χ3v) is 6.20. The fourth-order valence-corrected chi connectivity index (χ4v) is 4.13. The van der Waals surface area contributed by atoms with Crippen LogP contribution in [0.2, 0.25) is 5.02 Å². The second-order valence-corrected chi connectivity index (χ2v) is 8.26. The first kappa shape index (κ1) is 19.6. The Hall–Kier alpha value is -2.76. The minimum Gasteiger partial charge on any atom is -0.497 e. The van der Waals surface area contributed by atoms with E-state index in [4.69, 9.17) is 20.8 Å². The van der Waals surface area contributed by atoms with E-state index >= 15 is 0 Å². The Kier molecular flexibility index (Phi) is 5.35. The molecule has 0 aliphatic rings. The summed E-state index contributed by atoms with van der Waals surface area (Å²) in [5, 5.41) is 3.52. The minimum absolute atomic E-state index is 0.189. The zero-order valence-corrected chi connectivity index (χ0v) is 17.9. The molecule has 0 aliphatic carbocycles. The van der Waals surface area contributed by atoms with Crippen LogP contribution in [-0.2, 0) is 6.54 Å².